The van der Waals surface area contributed by atoms with Crippen LogP contribution in [0.4, 0.5) is 4.79 Å². The Morgan fingerprint density at radius 2 is 1.58 bits per heavy atom. The average molecular weight is 354 g/mol. The molecule has 0 aliphatic heterocycles. The summed E-state index contributed by atoms with van der Waals surface area (Å²) in [7, 11) is 0. The van der Waals surface area contributed by atoms with Crippen LogP contribution in [-0.4, -0.2) is 23.7 Å². The topological polar surface area (TPSA) is 78.4 Å². The van der Waals surface area contributed by atoms with Gasteiger partial charge in [0, 0.05) is 12.1 Å². The molecule has 1 unspecified atom stereocenters. The van der Waals surface area contributed by atoms with Crippen LogP contribution >= 0.6 is 0 Å². The third kappa shape index (κ3) is 5.09. The third-order valence-electron chi connectivity index (χ3n) is 4.24. The van der Waals surface area contributed by atoms with Gasteiger partial charge >= 0.3 is 6.09 Å². The van der Waals surface area contributed by atoms with Gasteiger partial charge in [0.2, 0.25) is 0 Å². The largest absolute Gasteiger partial charge is 0.465 e. The van der Waals surface area contributed by atoms with Crippen molar-refractivity contribution in [3.63, 3.8) is 0 Å². The van der Waals surface area contributed by atoms with Gasteiger partial charge < -0.3 is 15.7 Å². The summed E-state index contributed by atoms with van der Waals surface area (Å²) in [5.74, 6) is 0.407. The molecule has 3 N–H and O–H groups in total. The summed E-state index contributed by atoms with van der Waals surface area (Å²) in [6.07, 6.45) is -0.156. The van der Waals surface area contributed by atoms with Crippen molar-refractivity contribution in [3.05, 3.63) is 59.7 Å². The van der Waals surface area contributed by atoms with Crippen LogP contribution in [0, 0.1) is 5.92 Å². The highest BCUT2D eigenvalue weighted by Gasteiger charge is 2.18. The highest BCUT2D eigenvalue weighted by molar-refractivity contribution is 6.01. The van der Waals surface area contributed by atoms with E-state index in [2.05, 4.69) is 24.5 Å². The van der Waals surface area contributed by atoms with Crippen LogP contribution in [0.15, 0.2) is 48.5 Å². The van der Waals surface area contributed by atoms with Gasteiger partial charge in [0.1, 0.15) is 0 Å². The van der Waals surface area contributed by atoms with Crippen LogP contribution in [0.5, 0.6) is 0 Å². The van der Waals surface area contributed by atoms with Crippen LogP contribution < -0.4 is 10.6 Å². The highest BCUT2D eigenvalue weighted by atomic mass is 16.4. The molecular formula is C21H26N2O3. The van der Waals surface area contributed by atoms with E-state index in [9.17, 15) is 9.59 Å². The van der Waals surface area contributed by atoms with Gasteiger partial charge in [0.05, 0.1) is 6.04 Å². The minimum absolute atomic E-state index is 0.116. The number of carboxylic acid groups (broad SMARTS) is 1. The van der Waals surface area contributed by atoms with Gasteiger partial charge in [0.15, 0.2) is 0 Å². The fraction of sp³-hybridized carbons (Fsp3) is 0.333. The standard InChI is InChI=1S/C21H26N2O3/c1-14(2)12-13-22-20(24)19-11-7-6-10-18(19)17-9-5-4-8-16(17)15(3)23-21(25)26/h4-11,14-15,23H,12-13H2,1-3H3,(H,22,24)(H,25,26). The molecule has 2 aromatic carbocycles. The number of carbonyl (C=O) groups excluding carboxylic acids is 1. The van der Waals surface area contributed by atoms with E-state index in [4.69, 9.17) is 5.11 Å². The van der Waals surface area contributed by atoms with Crippen molar-refractivity contribution in [3.8, 4) is 11.1 Å². The Bertz CT molecular complexity index is 771. The van der Waals surface area contributed by atoms with Gasteiger partial charge in [-0.25, -0.2) is 4.79 Å². The first-order chi connectivity index (χ1) is 12.4. The molecule has 0 heterocycles. The maximum atomic E-state index is 12.7. The summed E-state index contributed by atoms with van der Waals surface area (Å²) in [5, 5.41) is 14.5. The summed E-state index contributed by atoms with van der Waals surface area (Å²) in [4.78, 5) is 23.7. The molecule has 0 aliphatic carbocycles. The zero-order valence-electron chi connectivity index (χ0n) is 15.5. The lowest BCUT2D eigenvalue weighted by Crippen LogP contribution is -2.26. The molecule has 0 aromatic heterocycles. The fourth-order valence-electron chi connectivity index (χ4n) is 2.87. The average Bonchev–Trinajstić information content (AvgIpc) is 2.60. The summed E-state index contributed by atoms with van der Waals surface area (Å²) in [6, 6.07) is 14.6. The molecule has 1 atom stereocenters. The van der Waals surface area contributed by atoms with E-state index in [1.165, 1.54) is 0 Å². The van der Waals surface area contributed by atoms with Gasteiger partial charge in [0.25, 0.3) is 5.91 Å². The Morgan fingerprint density at radius 3 is 2.23 bits per heavy atom. The van der Waals surface area contributed by atoms with E-state index < -0.39 is 6.09 Å². The Kier molecular flexibility index (Phi) is 6.78. The predicted octanol–water partition coefficient (Wildman–Crippen LogP) is 4.46. The number of hydrogen-bond donors (Lipinski definition) is 3. The summed E-state index contributed by atoms with van der Waals surface area (Å²) in [6.45, 7) is 6.65. The predicted molar refractivity (Wildman–Crippen MR) is 103 cm³/mol. The SMILES string of the molecule is CC(C)CCNC(=O)c1ccccc1-c1ccccc1C(C)NC(=O)O. The van der Waals surface area contributed by atoms with E-state index in [1.807, 2.05) is 42.5 Å². The van der Waals surface area contributed by atoms with Gasteiger partial charge in [-0.3, -0.25) is 4.79 Å². The van der Waals surface area contributed by atoms with E-state index in [0.29, 0.717) is 18.0 Å². The Morgan fingerprint density at radius 1 is 0.962 bits per heavy atom. The van der Waals surface area contributed by atoms with Crippen LogP contribution in [0.25, 0.3) is 11.1 Å². The second-order valence-electron chi connectivity index (χ2n) is 6.74. The van der Waals surface area contributed by atoms with Crippen LogP contribution in [-0.2, 0) is 0 Å². The minimum Gasteiger partial charge on any atom is -0.465 e. The quantitative estimate of drug-likeness (QED) is 0.687. The zero-order valence-corrected chi connectivity index (χ0v) is 15.5. The lowest BCUT2D eigenvalue weighted by molar-refractivity contribution is 0.0952. The second kappa shape index (κ2) is 9.04. The van der Waals surface area contributed by atoms with Crippen LogP contribution in [0.3, 0.4) is 0 Å². The number of hydrogen-bond acceptors (Lipinski definition) is 2. The highest BCUT2D eigenvalue weighted by Crippen LogP contribution is 2.30. The second-order valence-corrected chi connectivity index (χ2v) is 6.74. The number of benzene rings is 2. The van der Waals surface area contributed by atoms with Crippen molar-refractivity contribution >= 4 is 12.0 Å². The fourth-order valence-corrected chi connectivity index (χ4v) is 2.87. The molecule has 0 bridgehead atoms. The number of carbonyl (C=O) groups is 2. The van der Waals surface area contributed by atoms with Crippen molar-refractivity contribution in [1.29, 1.82) is 0 Å². The van der Waals surface area contributed by atoms with Crippen LogP contribution in [0.1, 0.15) is 49.2 Å². The third-order valence-corrected chi connectivity index (χ3v) is 4.24. The molecule has 0 saturated carbocycles. The van der Waals surface area contributed by atoms with E-state index in [-0.39, 0.29) is 11.9 Å². The summed E-state index contributed by atoms with van der Waals surface area (Å²) in [5.41, 5.74) is 3.07. The molecule has 26 heavy (non-hydrogen) atoms. The van der Waals surface area contributed by atoms with Crippen LogP contribution in [0.2, 0.25) is 0 Å². The van der Waals surface area contributed by atoms with Gasteiger partial charge in [-0.05, 0) is 42.0 Å². The molecule has 5 heteroatoms. The molecule has 0 aliphatic rings. The van der Waals surface area contributed by atoms with Gasteiger partial charge in [-0.2, -0.15) is 0 Å². The van der Waals surface area contributed by atoms with Crippen molar-refractivity contribution in [2.45, 2.75) is 33.2 Å². The van der Waals surface area contributed by atoms with E-state index in [0.717, 1.165) is 23.1 Å². The van der Waals surface area contributed by atoms with Crippen molar-refractivity contribution < 1.29 is 14.7 Å². The summed E-state index contributed by atoms with van der Waals surface area (Å²) < 4.78 is 0. The molecule has 138 valence electrons. The molecule has 0 saturated heterocycles. The molecule has 5 nitrogen and oxygen atoms in total. The van der Waals surface area contributed by atoms with Crippen molar-refractivity contribution in [1.82, 2.24) is 10.6 Å². The molecule has 0 radical (unpaired) electrons. The minimum atomic E-state index is -1.08. The van der Waals surface area contributed by atoms with Gasteiger partial charge in [-0.15, -0.1) is 0 Å². The molecule has 2 aromatic rings. The zero-order chi connectivity index (χ0) is 19.1. The van der Waals surface area contributed by atoms with Crippen molar-refractivity contribution in [2.75, 3.05) is 6.54 Å². The maximum absolute atomic E-state index is 12.7. The van der Waals surface area contributed by atoms with Crippen molar-refractivity contribution in [2.24, 2.45) is 5.92 Å². The monoisotopic (exact) mass is 354 g/mol. The first-order valence-electron chi connectivity index (χ1n) is 8.86. The Labute approximate surface area is 154 Å². The summed E-state index contributed by atoms with van der Waals surface area (Å²) >= 11 is 0. The number of amides is 2. The Balaban J connectivity index is 2.35. The molecule has 0 fully saturated rings. The lowest BCUT2D eigenvalue weighted by atomic mass is 9.92. The van der Waals surface area contributed by atoms with E-state index >= 15 is 0 Å². The molecule has 2 rings (SSSR count). The molecule has 2 amide bonds. The van der Waals surface area contributed by atoms with Gasteiger partial charge in [-0.1, -0.05) is 56.3 Å². The first kappa shape index (κ1) is 19.5. The lowest BCUT2D eigenvalue weighted by Gasteiger charge is -2.18. The number of rotatable bonds is 7. The normalized spacial score (nSPS) is 11.8. The number of nitrogens with one attached hydrogen (secondary N) is 2. The molecule has 0 spiro atoms. The molecular weight excluding hydrogens is 328 g/mol. The Hall–Kier alpha value is -2.82. The maximum Gasteiger partial charge on any atom is 0.405 e. The van der Waals surface area contributed by atoms with E-state index in [1.54, 1.807) is 13.0 Å². The first-order valence-corrected chi connectivity index (χ1v) is 8.86. The smallest absolute Gasteiger partial charge is 0.405 e.